The first-order valence-corrected chi connectivity index (χ1v) is 3.64. The molecule has 0 aliphatic rings. The van der Waals surface area contributed by atoms with Gasteiger partial charge < -0.3 is 15.2 Å². The smallest absolute Gasteiger partial charge is 0.134 e. The lowest BCUT2D eigenvalue weighted by Gasteiger charge is -2.02. The largest absolute Gasteiger partial charge is 0.530 e. The maximum Gasteiger partial charge on any atom is 0.134 e. The summed E-state index contributed by atoms with van der Waals surface area (Å²) in [6.45, 7) is 0.347. The van der Waals surface area contributed by atoms with Crippen molar-refractivity contribution in [3.63, 3.8) is 0 Å². The van der Waals surface area contributed by atoms with Crippen molar-refractivity contribution in [2.45, 2.75) is 6.54 Å². The first kappa shape index (κ1) is 7.08. The summed E-state index contributed by atoms with van der Waals surface area (Å²) in [6, 6.07) is 3.73. The number of thiophene rings is 1. The second-order valence-corrected chi connectivity index (χ2v) is 2.75. The summed E-state index contributed by atoms with van der Waals surface area (Å²) >= 11 is 1.51. The molecule has 54 valence electrons. The zero-order valence-electron chi connectivity index (χ0n) is 5.16. The van der Waals surface area contributed by atoms with Gasteiger partial charge in [-0.05, 0) is 11.4 Å². The Bertz CT molecular complexity index is 208. The number of amides is 1. The molecule has 1 aromatic heterocycles. The minimum atomic E-state index is -1.23. The van der Waals surface area contributed by atoms with E-state index in [1.54, 1.807) is 0 Å². The molecule has 0 bridgehead atoms. The van der Waals surface area contributed by atoms with Crippen LogP contribution >= 0.6 is 11.3 Å². The van der Waals surface area contributed by atoms with E-state index >= 15 is 0 Å². The molecule has 0 radical (unpaired) electrons. The van der Waals surface area contributed by atoms with Gasteiger partial charge >= 0.3 is 0 Å². The molecular formula is C6H6NO2S-. The van der Waals surface area contributed by atoms with E-state index in [9.17, 15) is 9.90 Å². The summed E-state index contributed by atoms with van der Waals surface area (Å²) in [4.78, 5) is 10.9. The van der Waals surface area contributed by atoms with Crippen molar-refractivity contribution in [3.8, 4) is 0 Å². The molecule has 1 N–H and O–H groups in total. The van der Waals surface area contributed by atoms with Gasteiger partial charge in [0.1, 0.15) is 6.09 Å². The fraction of sp³-hybridized carbons (Fsp3) is 0.167. The van der Waals surface area contributed by atoms with E-state index in [0.29, 0.717) is 6.54 Å². The zero-order chi connectivity index (χ0) is 7.40. The van der Waals surface area contributed by atoms with Crippen molar-refractivity contribution in [1.29, 1.82) is 0 Å². The van der Waals surface area contributed by atoms with Crippen LogP contribution in [0.15, 0.2) is 17.5 Å². The van der Waals surface area contributed by atoms with Gasteiger partial charge in [0.2, 0.25) is 0 Å². The van der Waals surface area contributed by atoms with Gasteiger partial charge in [0.05, 0.1) is 6.54 Å². The number of carbonyl (C=O) groups is 1. The van der Waals surface area contributed by atoms with Crippen LogP contribution in [-0.2, 0) is 6.54 Å². The summed E-state index contributed by atoms with van der Waals surface area (Å²) in [5, 5.41) is 13.9. The third kappa shape index (κ3) is 2.06. The van der Waals surface area contributed by atoms with Crippen molar-refractivity contribution >= 4 is 17.4 Å². The lowest BCUT2D eigenvalue weighted by Crippen LogP contribution is -2.35. The molecule has 0 aliphatic heterocycles. The van der Waals surface area contributed by atoms with Crippen LogP contribution < -0.4 is 10.4 Å². The van der Waals surface area contributed by atoms with Crippen molar-refractivity contribution in [2.24, 2.45) is 0 Å². The minimum Gasteiger partial charge on any atom is -0.530 e. The molecule has 1 amide bonds. The van der Waals surface area contributed by atoms with Gasteiger partial charge in [-0.1, -0.05) is 6.07 Å². The molecule has 0 aromatic carbocycles. The van der Waals surface area contributed by atoms with Crippen molar-refractivity contribution in [3.05, 3.63) is 22.4 Å². The molecule has 0 atom stereocenters. The third-order valence-corrected chi connectivity index (χ3v) is 1.86. The van der Waals surface area contributed by atoms with Gasteiger partial charge in [-0.15, -0.1) is 11.3 Å². The van der Waals surface area contributed by atoms with E-state index in [0.717, 1.165) is 4.88 Å². The molecular weight excluding hydrogens is 150 g/mol. The second-order valence-electron chi connectivity index (χ2n) is 1.72. The molecule has 4 heteroatoms. The second kappa shape index (κ2) is 3.22. The molecule has 1 aromatic rings. The molecule has 0 spiro atoms. The van der Waals surface area contributed by atoms with Gasteiger partial charge in [0.15, 0.2) is 0 Å². The molecule has 0 aliphatic carbocycles. The lowest BCUT2D eigenvalue weighted by molar-refractivity contribution is -0.251. The molecule has 10 heavy (non-hydrogen) atoms. The van der Waals surface area contributed by atoms with Crippen LogP contribution in [0.25, 0.3) is 0 Å². The standard InChI is InChI=1S/C6H7NO2S/c8-6(9)7-4-5-2-1-3-10-5/h1-3,7H,4H2,(H,8,9)/p-1. The molecule has 0 saturated carbocycles. The Morgan fingerprint density at radius 2 is 2.60 bits per heavy atom. The van der Waals surface area contributed by atoms with Crippen LogP contribution in [0.4, 0.5) is 4.79 Å². The Hall–Kier alpha value is -1.03. The molecule has 0 unspecified atom stereocenters. The molecule has 3 nitrogen and oxygen atoms in total. The van der Waals surface area contributed by atoms with Gasteiger partial charge in [0, 0.05) is 4.88 Å². The van der Waals surface area contributed by atoms with Crippen LogP contribution in [0, 0.1) is 0 Å². The Morgan fingerprint density at radius 1 is 1.80 bits per heavy atom. The normalized spacial score (nSPS) is 9.20. The van der Waals surface area contributed by atoms with E-state index in [1.165, 1.54) is 11.3 Å². The molecule has 0 fully saturated rings. The number of carboxylic acid groups (broad SMARTS) is 1. The van der Waals surface area contributed by atoms with Gasteiger partial charge in [-0.3, -0.25) is 0 Å². The Kier molecular flexibility index (Phi) is 2.28. The third-order valence-electron chi connectivity index (χ3n) is 0.987. The van der Waals surface area contributed by atoms with Gasteiger partial charge in [-0.2, -0.15) is 0 Å². The van der Waals surface area contributed by atoms with Crippen LogP contribution in [0.5, 0.6) is 0 Å². The molecule has 1 rings (SSSR count). The van der Waals surface area contributed by atoms with Crippen LogP contribution in [0.1, 0.15) is 4.88 Å². The topological polar surface area (TPSA) is 52.2 Å². The fourth-order valence-electron chi connectivity index (χ4n) is 0.572. The average Bonchev–Trinajstić information content (AvgIpc) is 2.34. The van der Waals surface area contributed by atoms with E-state index < -0.39 is 6.09 Å². The van der Waals surface area contributed by atoms with Crippen LogP contribution in [0.3, 0.4) is 0 Å². The molecule has 1 heterocycles. The lowest BCUT2D eigenvalue weighted by atomic mass is 10.5. The fourth-order valence-corrected chi connectivity index (χ4v) is 1.22. The summed E-state index contributed by atoms with van der Waals surface area (Å²) < 4.78 is 0. The first-order valence-electron chi connectivity index (χ1n) is 2.76. The predicted octanol–water partition coefficient (Wildman–Crippen LogP) is 0.181. The van der Waals surface area contributed by atoms with Gasteiger partial charge in [-0.25, -0.2) is 0 Å². The number of hydrogen-bond donors (Lipinski definition) is 1. The van der Waals surface area contributed by atoms with Crippen molar-refractivity contribution in [1.82, 2.24) is 5.32 Å². The quantitative estimate of drug-likeness (QED) is 0.664. The van der Waals surface area contributed by atoms with E-state index in [1.807, 2.05) is 17.5 Å². The van der Waals surface area contributed by atoms with E-state index in [4.69, 9.17) is 0 Å². The highest BCUT2D eigenvalue weighted by Crippen LogP contribution is 2.06. The van der Waals surface area contributed by atoms with E-state index in [2.05, 4.69) is 5.32 Å². The maximum atomic E-state index is 9.88. The number of carbonyl (C=O) groups excluding carboxylic acids is 1. The first-order chi connectivity index (χ1) is 4.79. The Labute approximate surface area is 62.3 Å². The number of hydrogen-bond acceptors (Lipinski definition) is 3. The number of rotatable bonds is 2. The highest BCUT2D eigenvalue weighted by atomic mass is 32.1. The minimum absolute atomic E-state index is 0.347. The highest BCUT2D eigenvalue weighted by Gasteiger charge is 1.89. The summed E-state index contributed by atoms with van der Waals surface area (Å²) in [5.41, 5.74) is 0. The van der Waals surface area contributed by atoms with Crippen molar-refractivity contribution < 1.29 is 9.90 Å². The highest BCUT2D eigenvalue weighted by molar-refractivity contribution is 7.09. The zero-order valence-corrected chi connectivity index (χ0v) is 5.98. The average molecular weight is 156 g/mol. The molecule has 0 saturated heterocycles. The van der Waals surface area contributed by atoms with E-state index in [-0.39, 0.29) is 0 Å². The van der Waals surface area contributed by atoms with Gasteiger partial charge in [0.25, 0.3) is 0 Å². The monoisotopic (exact) mass is 156 g/mol. The van der Waals surface area contributed by atoms with Crippen LogP contribution in [0.2, 0.25) is 0 Å². The summed E-state index contributed by atoms with van der Waals surface area (Å²) in [6.07, 6.45) is -1.23. The number of nitrogens with one attached hydrogen (secondary N) is 1. The summed E-state index contributed by atoms with van der Waals surface area (Å²) in [5.74, 6) is 0. The van der Waals surface area contributed by atoms with Crippen LogP contribution in [-0.4, -0.2) is 6.09 Å². The SMILES string of the molecule is O=C([O-])NCc1cccs1. The Balaban J connectivity index is 2.35. The van der Waals surface area contributed by atoms with Crippen molar-refractivity contribution in [2.75, 3.05) is 0 Å². The summed E-state index contributed by atoms with van der Waals surface area (Å²) in [7, 11) is 0. The maximum absolute atomic E-state index is 9.88. The Morgan fingerprint density at radius 3 is 3.10 bits per heavy atom. The predicted molar refractivity (Wildman–Crippen MR) is 36.6 cm³/mol.